The highest BCUT2D eigenvalue weighted by Crippen LogP contribution is 2.02. The molecule has 1 rings (SSSR count). The third-order valence-electron chi connectivity index (χ3n) is 3.08. The molecule has 0 bridgehead atoms. The first-order valence-corrected chi connectivity index (χ1v) is 6.53. The summed E-state index contributed by atoms with van der Waals surface area (Å²) in [6.45, 7) is 6.06. The predicted molar refractivity (Wildman–Crippen MR) is 70.0 cm³/mol. The largest absolute Gasteiger partial charge is 0.368 e. The number of nitrogens with zero attached hydrogens (tertiary/aromatic N) is 1. The number of carbonyl (C=O) groups excluding carboxylic acids is 3. The molecular weight excluding hydrogens is 248 g/mol. The Morgan fingerprint density at radius 1 is 1.21 bits per heavy atom. The van der Waals surface area contributed by atoms with Crippen LogP contribution in [0.4, 0.5) is 0 Å². The molecule has 0 aliphatic carbocycles. The number of nitrogens with one attached hydrogen (secondary N) is 2. The third-order valence-corrected chi connectivity index (χ3v) is 3.08. The number of primary amides is 1. The monoisotopic (exact) mass is 270 g/mol. The zero-order valence-electron chi connectivity index (χ0n) is 11.4. The van der Waals surface area contributed by atoms with Crippen molar-refractivity contribution in [1.29, 1.82) is 0 Å². The normalized spacial score (nSPS) is 17.7. The van der Waals surface area contributed by atoms with Gasteiger partial charge in [0.1, 0.15) is 6.04 Å². The molecule has 1 aliphatic rings. The zero-order valence-corrected chi connectivity index (χ0v) is 11.4. The zero-order chi connectivity index (χ0) is 14.4. The lowest BCUT2D eigenvalue weighted by Crippen LogP contribution is -2.53. The maximum absolute atomic E-state index is 12.0. The molecule has 0 aromatic heterocycles. The highest BCUT2D eigenvalue weighted by molar-refractivity contribution is 6.35. The van der Waals surface area contributed by atoms with Crippen LogP contribution in [0.2, 0.25) is 0 Å². The first-order valence-electron chi connectivity index (χ1n) is 6.53. The van der Waals surface area contributed by atoms with Crippen molar-refractivity contribution in [2.45, 2.75) is 26.3 Å². The molecule has 1 unspecified atom stereocenters. The quantitative estimate of drug-likeness (QED) is 0.539. The van der Waals surface area contributed by atoms with Crippen LogP contribution in [-0.4, -0.2) is 54.8 Å². The van der Waals surface area contributed by atoms with Gasteiger partial charge < -0.3 is 21.3 Å². The summed E-state index contributed by atoms with van der Waals surface area (Å²) < 4.78 is 0. The van der Waals surface area contributed by atoms with Gasteiger partial charge in [-0.05, 0) is 18.9 Å². The standard InChI is InChI=1S/C12H22N4O3/c1-8(2)9(10(13)17)15-11(18)12(19)16-6-3-4-14-5-7-16/h8-9,14H,3-7H2,1-2H3,(H2,13,17)(H,15,18). The molecule has 0 spiro atoms. The molecule has 3 amide bonds. The first-order chi connectivity index (χ1) is 8.93. The highest BCUT2D eigenvalue weighted by atomic mass is 16.2. The van der Waals surface area contributed by atoms with Crippen molar-refractivity contribution in [3.63, 3.8) is 0 Å². The molecule has 0 aromatic rings. The van der Waals surface area contributed by atoms with Crippen LogP contribution in [0.3, 0.4) is 0 Å². The van der Waals surface area contributed by atoms with Crippen molar-refractivity contribution in [2.75, 3.05) is 26.2 Å². The van der Waals surface area contributed by atoms with Crippen LogP contribution in [0, 0.1) is 5.92 Å². The van der Waals surface area contributed by atoms with Crippen LogP contribution in [0.5, 0.6) is 0 Å². The van der Waals surface area contributed by atoms with Crippen molar-refractivity contribution in [2.24, 2.45) is 11.7 Å². The van der Waals surface area contributed by atoms with Gasteiger partial charge in [-0.2, -0.15) is 0 Å². The van der Waals surface area contributed by atoms with Crippen LogP contribution in [0.15, 0.2) is 0 Å². The summed E-state index contributed by atoms with van der Waals surface area (Å²) in [5, 5.41) is 5.56. The van der Waals surface area contributed by atoms with Gasteiger partial charge in [-0.1, -0.05) is 13.8 Å². The van der Waals surface area contributed by atoms with Crippen molar-refractivity contribution >= 4 is 17.7 Å². The molecule has 1 atom stereocenters. The molecule has 108 valence electrons. The van der Waals surface area contributed by atoms with Gasteiger partial charge >= 0.3 is 11.8 Å². The van der Waals surface area contributed by atoms with Gasteiger partial charge in [0, 0.05) is 19.6 Å². The van der Waals surface area contributed by atoms with Gasteiger partial charge in [-0.15, -0.1) is 0 Å². The molecule has 7 heteroatoms. The van der Waals surface area contributed by atoms with Gasteiger partial charge in [0.25, 0.3) is 0 Å². The Morgan fingerprint density at radius 2 is 1.89 bits per heavy atom. The molecule has 0 radical (unpaired) electrons. The van der Waals surface area contributed by atoms with Gasteiger partial charge in [0.15, 0.2) is 0 Å². The fourth-order valence-corrected chi connectivity index (χ4v) is 1.96. The Hall–Kier alpha value is -1.63. The summed E-state index contributed by atoms with van der Waals surface area (Å²) in [5.41, 5.74) is 5.20. The van der Waals surface area contributed by atoms with Gasteiger partial charge in [-0.25, -0.2) is 0 Å². The average Bonchev–Trinajstić information content (AvgIpc) is 2.62. The smallest absolute Gasteiger partial charge is 0.311 e. The minimum atomic E-state index is -0.818. The molecule has 1 saturated heterocycles. The summed E-state index contributed by atoms with van der Waals surface area (Å²) in [6.07, 6.45) is 0.808. The van der Waals surface area contributed by atoms with Crippen molar-refractivity contribution < 1.29 is 14.4 Å². The topological polar surface area (TPSA) is 105 Å². The van der Waals surface area contributed by atoms with Crippen molar-refractivity contribution in [3.8, 4) is 0 Å². The second kappa shape index (κ2) is 7.08. The lowest BCUT2D eigenvalue weighted by atomic mass is 10.0. The number of carbonyl (C=O) groups is 3. The third kappa shape index (κ3) is 4.51. The Bertz CT molecular complexity index is 349. The fraction of sp³-hybridized carbons (Fsp3) is 0.750. The lowest BCUT2D eigenvalue weighted by Gasteiger charge is -2.22. The van der Waals surface area contributed by atoms with E-state index in [9.17, 15) is 14.4 Å². The number of amides is 3. The number of rotatable bonds is 3. The van der Waals surface area contributed by atoms with E-state index in [0.29, 0.717) is 19.6 Å². The van der Waals surface area contributed by atoms with E-state index in [-0.39, 0.29) is 5.92 Å². The minimum absolute atomic E-state index is 0.153. The molecule has 7 nitrogen and oxygen atoms in total. The molecule has 4 N–H and O–H groups in total. The van der Waals surface area contributed by atoms with Crippen LogP contribution >= 0.6 is 0 Å². The fourth-order valence-electron chi connectivity index (χ4n) is 1.96. The molecule has 19 heavy (non-hydrogen) atoms. The van der Waals surface area contributed by atoms with Crippen LogP contribution in [0.25, 0.3) is 0 Å². The van der Waals surface area contributed by atoms with Crippen molar-refractivity contribution in [1.82, 2.24) is 15.5 Å². The SMILES string of the molecule is CC(C)C(NC(=O)C(=O)N1CCCNCC1)C(N)=O. The van der Waals surface area contributed by atoms with Gasteiger partial charge in [-0.3, -0.25) is 14.4 Å². The average molecular weight is 270 g/mol. The lowest BCUT2D eigenvalue weighted by molar-refractivity contribution is -0.146. The Balaban J connectivity index is 2.60. The first kappa shape index (κ1) is 15.4. The summed E-state index contributed by atoms with van der Waals surface area (Å²) >= 11 is 0. The summed E-state index contributed by atoms with van der Waals surface area (Å²) in [6, 6.07) is -0.818. The van der Waals surface area contributed by atoms with Crippen LogP contribution in [0.1, 0.15) is 20.3 Å². The Labute approximate surface area is 112 Å². The maximum atomic E-state index is 12.0. The Morgan fingerprint density at radius 3 is 2.47 bits per heavy atom. The summed E-state index contributed by atoms with van der Waals surface area (Å²) in [7, 11) is 0. The highest BCUT2D eigenvalue weighted by Gasteiger charge is 2.28. The van der Waals surface area contributed by atoms with E-state index < -0.39 is 23.8 Å². The molecule has 1 aliphatic heterocycles. The van der Waals surface area contributed by atoms with Gasteiger partial charge in [0.2, 0.25) is 5.91 Å². The van der Waals surface area contributed by atoms with Crippen LogP contribution < -0.4 is 16.4 Å². The van der Waals surface area contributed by atoms with E-state index in [1.165, 1.54) is 4.90 Å². The predicted octanol–water partition coefficient (Wildman–Crippen LogP) is -1.57. The Kier molecular flexibility index (Phi) is 5.75. The number of hydrogen-bond acceptors (Lipinski definition) is 4. The van der Waals surface area contributed by atoms with E-state index in [4.69, 9.17) is 5.73 Å². The molecule has 1 fully saturated rings. The molecule has 0 aromatic carbocycles. The van der Waals surface area contributed by atoms with E-state index in [1.54, 1.807) is 13.8 Å². The van der Waals surface area contributed by atoms with E-state index >= 15 is 0 Å². The summed E-state index contributed by atoms with van der Waals surface area (Å²) in [4.78, 5) is 36.5. The summed E-state index contributed by atoms with van der Waals surface area (Å²) in [5.74, 6) is -2.15. The van der Waals surface area contributed by atoms with E-state index in [0.717, 1.165) is 13.0 Å². The minimum Gasteiger partial charge on any atom is -0.368 e. The molecule has 0 saturated carbocycles. The van der Waals surface area contributed by atoms with Gasteiger partial charge in [0.05, 0.1) is 0 Å². The number of nitrogens with two attached hydrogens (primary N) is 1. The second-order valence-electron chi connectivity index (χ2n) is 4.99. The second-order valence-corrected chi connectivity index (χ2v) is 4.99. The molecule has 1 heterocycles. The van der Waals surface area contributed by atoms with E-state index in [2.05, 4.69) is 10.6 Å². The van der Waals surface area contributed by atoms with Crippen molar-refractivity contribution in [3.05, 3.63) is 0 Å². The molecular formula is C12H22N4O3. The van der Waals surface area contributed by atoms with E-state index in [1.807, 2.05) is 0 Å². The number of hydrogen-bond donors (Lipinski definition) is 3. The maximum Gasteiger partial charge on any atom is 0.311 e. The van der Waals surface area contributed by atoms with Crippen LogP contribution in [-0.2, 0) is 14.4 Å².